The summed E-state index contributed by atoms with van der Waals surface area (Å²) in [7, 11) is 0. The Bertz CT molecular complexity index is 527. The highest BCUT2D eigenvalue weighted by atomic mass is 16.6. The van der Waals surface area contributed by atoms with Gasteiger partial charge in [-0.25, -0.2) is 0 Å². The van der Waals surface area contributed by atoms with E-state index in [1.165, 1.54) is 37.5 Å². The molecule has 0 spiro atoms. The number of nitrogens with one attached hydrogen (secondary N) is 1. The van der Waals surface area contributed by atoms with Crippen LogP contribution in [0, 0.1) is 10.1 Å². The number of nitrogen functional groups attached to an aromatic ring is 1. The van der Waals surface area contributed by atoms with Crippen molar-refractivity contribution in [2.45, 2.75) is 19.3 Å². The Morgan fingerprint density at radius 3 is 2.71 bits per heavy atom. The van der Waals surface area contributed by atoms with Crippen LogP contribution in [0.2, 0.25) is 0 Å². The summed E-state index contributed by atoms with van der Waals surface area (Å²) in [6.07, 6.45) is 3.67. The Labute approximate surface area is 123 Å². The number of nitro groups is 1. The van der Waals surface area contributed by atoms with E-state index < -0.39 is 4.92 Å². The van der Waals surface area contributed by atoms with Gasteiger partial charge < -0.3 is 16.0 Å². The number of hydrogen-bond donors (Lipinski definition) is 2. The average Bonchev–Trinajstić information content (AvgIpc) is 2.48. The summed E-state index contributed by atoms with van der Waals surface area (Å²) < 4.78 is 0. The van der Waals surface area contributed by atoms with Crippen LogP contribution in [-0.2, 0) is 0 Å². The molecule has 1 amide bonds. The number of benzene rings is 1. The second-order valence-corrected chi connectivity index (χ2v) is 5.19. The van der Waals surface area contributed by atoms with E-state index in [-0.39, 0.29) is 22.8 Å². The minimum atomic E-state index is -0.538. The lowest BCUT2D eigenvalue weighted by atomic mass is 10.1. The molecule has 0 unspecified atom stereocenters. The summed E-state index contributed by atoms with van der Waals surface area (Å²) in [5.74, 6) is -0.367. The maximum absolute atomic E-state index is 12.0. The van der Waals surface area contributed by atoms with Gasteiger partial charge in [0.1, 0.15) is 0 Å². The Kier molecular flexibility index (Phi) is 5.10. The fraction of sp³-hybridized carbons (Fsp3) is 0.500. The molecule has 1 heterocycles. The Balaban J connectivity index is 1.90. The number of hydrogen-bond acceptors (Lipinski definition) is 5. The van der Waals surface area contributed by atoms with Crippen molar-refractivity contribution >= 4 is 17.3 Å². The van der Waals surface area contributed by atoms with Gasteiger partial charge in [0.15, 0.2) is 0 Å². The van der Waals surface area contributed by atoms with Gasteiger partial charge >= 0.3 is 0 Å². The molecular weight excluding hydrogens is 272 g/mol. The molecule has 0 aliphatic carbocycles. The summed E-state index contributed by atoms with van der Waals surface area (Å²) in [4.78, 5) is 24.6. The molecule has 0 radical (unpaired) electrons. The van der Waals surface area contributed by atoms with E-state index in [1.807, 2.05) is 0 Å². The third-order valence-corrected chi connectivity index (χ3v) is 3.65. The third-order valence-electron chi connectivity index (χ3n) is 3.65. The number of carbonyl (C=O) groups excluding carboxylic acids is 1. The molecule has 0 atom stereocenters. The Morgan fingerprint density at radius 1 is 1.33 bits per heavy atom. The zero-order chi connectivity index (χ0) is 15.2. The normalized spacial score (nSPS) is 15.6. The molecule has 1 saturated heterocycles. The van der Waals surface area contributed by atoms with E-state index in [4.69, 9.17) is 5.73 Å². The average molecular weight is 292 g/mol. The van der Waals surface area contributed by atoms with Gasteiger partial charge in [-0.15, -0.1) is 0 Å². The summed E-state index contributed by atoms with van der Waals surface area (Å²) in [6, 6.07) is 3.89. The molecule has 0 saturated carbocycles. The van der Waals surface area contributed by atoms with Crippen molar-refractivity contribution in [2.75, 3.05) is 31.9 Å². The van der Waals surface area contributed by atoms with Gasteiger partial charge in [-0.1, -0.05) is 6.42 Å². The number of nitrogens with two attached hydrogens (primary N) is 1. The molecule has 7 heteroatoms. The van der Waals surface area contributed by atoms with Gasteiger partial charge in [0, 0.05) is 30.9 Å². The third kappa shape index (κ3) is 4.16. The smallest absolute Gasteiger partial charge is 0.270 e. The lowest BCUT2D eigenvalue weighted by molar-refractivity contribution is -0.384. The van der Waals surface area contributed by atoms with Crippen LogP contribution in [0.5, 0.6) is 0 Å². The van der Waals surface area contributed by atoms with E-state index in [2.05, 4.69) is 10.2 Å². The lowest BCUT2D eigenvalue weighted by Crippen LogP contribution is -2.37. The molecule has 0 bridgehead atoms. The first-order valence-corrected chi connectivity index (χ1v) is 7.12. The molecule has 21 heavy (non-hydrogen) atoms. The molecule has 3 N–H and O–H groups in total. The topological polar surface area (TPSA) is 101 Å². The van der Waals surface area contributed by atoms with Crippen molar-refractivity contribution in [2.24, 2.45) is 0 Å². The van der Waals surface area contributed by atoms with E-state index in [0.717, 1.165) is 19.6 Å². The zero-order valence-corrected chi connectivity index (χ0v) is 11.9. The SMILES string of the molecule is Nc1ccc([N+](=O)[O-])cc1C(=O)NCCN1CCCCC1. The summed E-state index contributed by atoms with van der Waals surface area (Å²) >= 11 is 0. The first-order valence-electron chi connectivity index (χ1n) is 7.12. The highest BCUT2D eigenvalue weighted by Crippen LogP contribution is 2.19. The quantitative estimate of drug-likeness (QED) is 0.485. The molecule has 1 aliphatic heterocycles. The standard InChI is InChI=1S/C14H20N4O3/c15-13-5-4-11(18(20)21)10-12(13)14(19)16-6-9-17-7-2-1-3-8-17/h4-5,10H,1-3,6-9,15H2,(H,16,19). The molecule has 1 aliphatic rings. The second kappa shape index (κ2) is 7.03. The zero-order valence-electron chi connectivity index (χ0n) is 11.9. The van der Waals surface area contributed by atoms with Crippen LogP contribution in [0.1, 0.15) is 29.6 Å². The van der Waals surface area contributed by atoms with Crippen molar-refractivity contribution in [3.63, 3.8) is 0 Å². The largest absolute Gasteiger partial charge is 0.398 e. The van der Waals surface area contributed by atoms with Gasteiger partial charge in [0.2, 0.25) is 0 Å². The van der Waals surface area contributed by atoms with Crippen LogP contribution >= 0.6 is 0 Å². The van der Waals surface area contributed by atoms with Crippen LogP contribution < -0.4 is 11.1 Å². The number of likely N-dealkylation sites (tertiary alicyclic amines) is 1. The van der Waals surface area contributed by atoms with Crippen molar-refractivity contribution in [1.29, 1.82) is 0 Å². The number of amides is 1. The minimum Gasteiger partial charge on any atom is -0.398 e. The number of rotatable bonds is 5. The molecule has 1 aromatic carbocycles. The number of anilines is 1. The fourth-order valence-electron chi connectivity index (χ4n) is 2.46. The van der Waals surface area contributed by atoms with Gasteiger partial charge in [-0.05, 0) is 32.0 Å². The van der Waals surface area contributed by atoms with E-state index in [9.17, 15) is 14.9 Å². The fourth-order valence-corrected chi connectivity index (χ4v) is 2.46. The number of carbonyl (C=O) groups is 1. The molecule has 0 aromatic heterocycles. The predicted molar refractivity (Wildman–Crippen MR) is 80.1 cm³/mol. The number of nitrogens with zero attached hydrogens (tertiary/aromatic N) is 2. The minimum absolute atomic E-state index is 0.134. The highest BCUT2D eigenvalue weighted by molar-refractivity contribution is 5.99. The molecule has 114 valence electrons. The first-order chi connectivity index (χ1) is 10.1. The van der Waals surface area contributed by atoms with Crippen LogP contribution in [0.4, 0.5) is 11.4 Å². The molecule has 1 fully saturated rings. The second-order valence-electron chi connectivity index (χ2n) is 5.19. The van der Waals surface area contributed by atoms with E-state index >= 15 is 0 Å². The van der Waals surface area contributed by atoms with Crippen molar-refractivity contribution in [3.8, 4) is 0 Å². The monoisotopic (exact) mass is 292 g/mol. The van der Waals surface area contributed by atoms with Crippen LogP contribution in [0.3, 0.4) is 0 Å². The summed E-state index contributed by atoms with van der Waals surface area (Å²) in [5.41, 5.74) is 5.98. The van der Waals surface area contributed by atoms with E-state index in [0.29, 0.717) is 6.54 Å². The van der Waals surface area contributed by atoms with E-state index in [1.54, 1.807) is 0 Å². The molecule has 2 rings (SSSR count). The maximum Gasteiger partial charge on any atom is 0.270 e. The van der Waals surface area contributed by atoms with Crippen molar-refractivity contribution in [1.82, 2.24) is 10.2 Å². The van der Waals surface area contributed by atoms with Crippen LogP contribution in [0.25, 0.3) is 0 Å². The maximum atomic E-state index is 12.0. The number of nitro benzene ring substituents is 1. The number of piperidine rings is 1. The van der Waals surface area contributed by atoms with Crippen LogP contribution in [-0.4, -0.2) is 41.9 Å². The van der Waals surface area contributed by atoms with Crippen molar-refractivity contribution in [3.05, 3.63) is 33.9 Å². The van der Waals surface area contributed by atoms with Crippen molar-refractivity contribution < 1.29 is 9.72 Å². The molecule has 1 aromatic rings. The van der Waals surface area contributed by atoms with Gasteiger partial charge in [-0.3, -0.25) is 14.9 Å². The number of non-ortho nitro benzene ring substituents is 1. The molecule has 7 nitrogen and oxygen atoms in total. The van der Waals surface area contributed by atoms with Gasteiger partial charge in [-0.2, -0.15) is 0 Å². The first kappa shape index (κ1) is 15.2. The van der Waals surface area contributed by atoms with Gasteiger partial charge in [0.25, 0.3) is 11.6 Å². The van der Waals surface area contributed by atoms with Crippen LogP contribution in [0.15, 0.2) is 18.2 Å². The summed E-state index contributed by atoms with van der Waals surface area (Å²) in [5, 5.41) is 13.5. The molecular formula is C14H20N4O3. The lowest BCUT2D eigenvalue weighted by Gasteiger charge is -2.26. The highest BCUT2D eigenvalue weighted by Gasteiger charge is 2.15. The predicted octanol–water partition coefficient (Wildman–Crippen LogP) is 1.39. The Hall–Kier alpha value is -2.15. The summed E-state index contributed by atoms with van der Waals surface area (Å²) in [6.45, 7) is 3.44. The Morgan fingerprint density at radius 2 is 2.05 bits per heavy atom. The van der Waals surface area contributed by atoms with Gasteiger partial charge in [0.05, 0.1) is 10.5 Å².